The molecule has 6 rings (SSSR count). The van der Waals surface area contributed by atoms with E-state index in [1.165, 1.54) is 6.07 Å². The zero-order valence-electron chi connectivity index (χ0n) is 28.6. The minimum absolute atomic E-state index is 0.0534. The Balaban J connectivity index is 1.34. The fourth-order valence-corrected chi connectivity index (χ4v) is 7.61. The second-order valence-electron chi connectivity index (χ2n) is 13.4. The van der Waals surface area contributed by atoms with Gasteiger partial charge in [-0.15, -0.1) is 0 Å². The highest BCUT2D eigenvalue weighted by Crippen LogP contribution is 2.46. The topological polar surface area (TPSA) is 120 Å². The van der Waals surface area contributed by atoms with Crippen LogP contribution >= 0.6 is 23.2 Å². The number of ether oxygens (including phenoxy) is 1. The molecular formula is C37H41Cl2F3N6O4. The van der Waals surface area contributed by atoms with Gasteiger partial charge in [0.25, 0.3) is 5.91 Å². The van der Waals surface area contributed by atoms with E-state index in [9.17, 15) is 22.8 Å². The van der Waals surface area contributed by atoms with Gasteiger partial charge < -0.3 is 20.3 Å². The molecule has 0 saturated carbocycles. The molecule has 15 heteroatoms. The lowest BCUT2D eigenvalue weighted by atomic mass is 9.94. The average Bonchev–Trinajstić information content (AvgIpc) is 3.53. The second-order valence-corrected chi connectivity index (χ2v) is 14.3. The Hall–Kier alpha value is -3.88. The number of nitrogens with one attached hydrogen (secondary N) is 2. The van der Waals surface area contributed by atoms with Crippen LogP contribution in [0.25, 0.3) is 0 Å². The van der Waals surface area contributed by atoms with Gasteiger partial charge in [-0.3, -0.25) is 29.9 Å². The molecule has 52 heavy (non-hydrogen) atoms. The maximum atomic E-state index is 15.0. The van der Waals surface area contributed by atoms with Crippen LogP contribution in [-0.2, 0) is 26.2 Å². The summed E-state index contributed by atoms with van der Waals surface area (Å²) in [6, 6.07) is 16.3. The molecule has 3 aromatic carbocycles. The van der Waals surface area contributed by atoms with E-state index in [0.717, 1.165) is 29.7 Å². The Morgan fingerprint density at radius 1 is 0.865 bits per heavy atom. The van der Waals surface area contributed by atoms with Crippen molar-refractivity contribution in [2.75, 3.05) is 52.4 Å². The molecule has 0 aromatic heterocycles. The molecule has 3 amide bonds. The molecule has 3 heterocycles. The summed E-state index contributed by atoms with van der Waals surface area (Å²) in [7, 11) is 0. The number of benzene rings is 3. The highest BCUT2D eigenvalue weighted by molar-refractivity contribution is 6.30. The fraction of sp³-hybridized carbons (Fsp3) is 0.432. The van der Waals surface area contributed by atoms with Gasteiger partial charge in [-0.1, -0.05) is 53.5 Å². The number of hydrogen-bond acceptors (Lipinski definition) is 7. The molecule has 0 radical (unpaired) electrons. The summed E-state index contributed by atoms with van der Waals surface area (Å²) in [4.78, 5) is 45.4. The van der Waals surface area contributed by atoms with Crippen molar-refractivity contribution in [1.82, 2.24) is 25.3 Å². The van der Waals surface area contributed by atoms with Crippen LogP contribution in [0.15, 0.2) is 66.7 Å². The number of primary amides is 1. The predicted molar refractivity (Wildman–Crippen MR) is 190 cm³/mol. The number of piperidine rings is 1. The first-order valence-electron chi connectivity index (χ1n) is 17.3. The van der Waals surface area contributed by atoms with Crippen molar-refractivity contribution in [2.45, 2.75) is 43.7 Å². The van der Waals surface area contributed by atoms with E-state index in [1.54, 1.807) is 41.0 Å². The largest absolute Gasteiger partial charge is 0.493 e. The Kier molecular flexibility index (Phi) is 11.4. The molecule has 0 spiro atoms. The fourth-order valence-electron chi connectivity index (χ4n) is 7.36. The third-order valence-electron chi connectivity index (χ3n) is 10.1. The number of carbonyl (C=O) groups is 3. The number of piperazine rings is 1. The SMILES string of the molecule is CCOc1cc(C(F)(F)F)ccc1C1(C(=O)N2CCN(C(=O)CN3CCCC(C(N)=O)C3)CC2)NC(c2ccc(Cl)cc2)C(c2ccc(Cl)cc2)N1. The summed E-state index contributed by atoms with van der Waals surface area (Å²) in [6.07, 6.45) is -3.17. The van der Waals surface area contributed by atoms with Crippen molar-refractivity contribution >= 4 is 40.9 Å². The van der Waals surface area contributed by atoms with Crippen molar-refractivity contribution < 1.29 is 32.3 Å². The van der Waals surface area contributed by atoms with Crippen molar-refractivity contribution in [2.24, 2.45) is 11.7 Å². The number of rotatable bonds is 9. The number of nitrogens with two attached hydrogens (primary N) is 1. The van der Waals surface area contributed by atoms with Gasteiger partial charge in [-0.2, -0.15) is 13.2 Å². The maximum Gasteiger partial charge on any atom is 0.416 e. The number of likely N-dealkylation sites (tertiary alicyclic amines) is 1. The smallest absolute Gasteiger partial charge is 0.416 e. The molecular weight excluding hydrogens is 720 g/mol. The maximum absolute atomic E-state index is 15.0. The van der Waals surface area contributed by atoms with Crippen LogP contribution in [0.5, 0.6) is 5.75 Å². The first-order valence-corrected chi connectivity index (χ1v) is 18.0. The van der Waals surface area contributed by atoms with Gasteiger partial charge >= 0.3 is 6.18 Å². The molecule has 3 saturated heterocycles. The molecule has 3 unspecified atom stereocenters. The minimum Gasteiger partial charge on any atom is -0.493 e. The minimum atomic E-state index is -4.65. The lowest BCUT2D eigenvalue weighted by molar-refractivity contribution is -0.145. The van der Waals surface area contributed by atoms with E-state index in [4.69, 9.17) is 33.7 Å². The van der Waals surface area contributed by atoms with E-state index in [-0.39, 0.29) is 68.4 Å². The van der Waals surface area contributed by atoms with Crippen LogP contribution in [0.2, 0.25) is 10.0 Å². The Bertz CT molecular complexity index is 1720. The summed E-state index contributed by atoms with van der Waals surface area (Å²) in [5, 5.41) is 8.05. The van der Waals surface area contributed by atoms with Gasteiger partial charge in [0.05, 0.1) is 36.7 Å². The van der Waals surface area contributed by atoms with E-state index in [2.05, 4.69) is 10.6 Å². The van der Waals surface area contributed by atoms with Gasteiger partial charge in [-0.25, -0.2) is 0 Å². The zero-order valence-corrected chi connectivity index (χ0v) is 30.1. The first kappa shape index (κ1) is 37.9. The summed E-state index contributed by atoms with van der Waals surface area (Å²) >= 11 is 12.5. The molecule has 0 aliphatic carbocycles. The number of amides is 3. The first-order chi connectivity index (χ1) is 24.8. The van der Waals surface area contributed by atoms with Crippen LogP contribution in [-0.4, -0.2) is 84.8 Å². The van der Waals surface area contributed by atoms with Crippen LogP contribution < -0.4 is 21.1 Å². The predicted octanol–water partition coefficient (Wildman–Crippen LogP) is 5.11. The number of hydrogen-bond donors (Lipinski definition) is 3. The van der Waals surface area contributed by atoms with Gasteiger partial charge in [-0.05, 0) is 73.8 Å². The van der Waals surface area contributed by atoms with Crippen LogP contribution in [0.3, 0.4) is 0 Å². The molecule has 10 nitrogen and oxygen atoms in total. The lowest BCUT2D eigenvalue weighted by Gasteiger charge is -2.41. The summed E-state index contributed by atoms with van der Waals surface area (Å²) in [5.41, 5.74) is 4.61. The number of alkyl halides is 3. The third kappa shape index (κ3) is 8.03. The second kappa shape index (κ2) is 15.6. The summed E-state index contributed by atoms with van der Waals surface area (Å²) < 4.78 is 47.7. The average molecular weight is 762 g/mol. The van der Waals surface area contributed by atoms with Gasteiger partial charge in [0.2, 0.25) is 11.8 Å². The molecule has 4 N–H and O–H groups in total. The molecule has 3 aromatic rings. The van der Waals surface area contributed by atoms with E-state index >= 15 is 4.79 Å². The van der Waals surface area contributed by atoms with Crippen molar-refractivity contribution in [3.05, 3.63) is 99.0 Å². The van der Waals surface area contributed by atoms with E-state index in [0.29, 0.717) is 29.6 Å². The molecule has 278 valence electrons. The van der Waals surface area contributed by atoms with E-state index < -0.39 is 35.4 Å². The normalized spacial score (nSPS) is 24.2. The molecule has 3 aliphatic heterocycles. The quantitative estimate of drug-likeness (QED) is 0.278. The van der Waals surface area contributed by atoms with Gasteiger partial charge in [0.15, 0.2) is 5.66 Å². The van der Waals surface area contributed by atoms with Gasteiger partial charge in [0.1, 0.15) is 5.75 Å². The highest BCUT2D eigenvalue weighted by Gasteiger charge is 2.55. The standard InChI is InChI=1S/C37H41Cl2F3N6O4/c1-2-52-30-20-26(37(40,41)42)9-14-29(30)36(44-32(23-5-10-27(38)11-6-23)33(45-36)24-7-12-28(39)13-8-24)35(51)48-18-16-47(17-19-48)31(49)22-46-15-3-4-25(21-46)34(43)50/h5-14,20,25,32-33,44-45H,2-4,15-19,21-22H2,1H3,(H2,43,50). The zero-order chi connectivity index (χ0) is 37.2. The number of halogens is 5. The summed E-state index contributed by atoms with van der Waals surface area (Å²) in [5.74, 6) is -1.31. The van der Waals surface area contributed by atoms with Crippen molar-refractivity contribution in [3.8, 4) is 5.75 Å². The molecule has 0 bridgehead atoms. The Morgan fingerprint density at radius 2 is 1.42 bits per heavy atom. The Morgan fingerprint density at radius 3 is 1.94 bits per heavy atom. The van der Waals surface area contributed by atoms with E-state index in [1.807, 2.05) is 29.2 Å². The number of nitrogens with zero attached hydrogens (tertiary/aromatic N) is 3. The van der Waals surface area contributed by atoms with Crippen molar-refractivity contribution in [1.29, 1.82) is 0 Å². The monoisotopic (exact) mass is 760 g/mol. The highest BCUT2D eigenvalue weighted by atomic mass is 35.5. The molecule has 3 atom stereocenters. The van der Waals surface area contributed by atoms with Crippen LogP contribution in [0.4, 0.5) is 13.2 Å². The van der Waals surface area contributed by atoms with Crippen LogP contribution in [0.1, 0.15) is 54.1 Å². The number of carbonyl (C=O) groups excluding carboxylic acids is 3. The van der Waals surface area contributed by atoms with Crippen LogP contribution in [0, 0.1) is 5.92 Å². The van der Waals surface area contributed by atoms with Gasteiger partial charge in [0, 0.05) is 48.3 Å². The Labute approximate surface area is 310 Å². The molecule has 3 aliphatic rings. The third-order valence-corrected chi connectivity index (χ3v) is 10.6. The molecule has 3 fully saturated rings. The lowest BCUT2D eigenvalue weighted by Crippen LogP contribution is -2.62. The summed E-state index contributed by atoms with van der Waals surface area (Å²) in [6.45, 7) is 3.83. The van der Waals surface area contributed by atoms with Crippen molar-refractivity contribution in [3.63, 3.8) is 0 Å².